The monoisotopic (exact) mass is 393 g/mol. The Bertz CT molecular complexity index is 838. The van der Waals surface area contributed by atoms with E-state index in [0.29, 0.717) is 41.7 Å². The van der Waals surface area contributed by atoms with Gasteiger partial charge in [-0.15, -0.1) is 0 Å². The second-order valence-corrected chi connectivity index (χ2v) is 6.31. The summed E-state index contributed by atoms with van der Waals surface area (Å²) >= 11 is 6.36. The lowest BCUT2D eigenvalue weighted by Crippen LogP contribution is -2.27. The Kier molecular flexibility index (Phi) is 5.55. The highest BCUT2D eigenvalue weighted by Gasteiger charge is 2.39. The zero-order valence-corrected chi connectivity index (χ0v) is 16.3. The molecule has 0 aliphatic carbocycles. The summed E-state index contributed by atoms with van der Waals surface area (Å²) in [7, 11) is 4.46. The lowest BCUT2D eigenvalue weighted by molar-refractivity contribution is -0.153. The number of methoxy groups -OCH3 is 3. The van der Waals surface area contributed by atoms with Crippen molar-refractivity contribution in [2.75, 3.05) is 34.5 Å². The van der Waals surface area contributed by atoms with Crippen molar-refractivity contribution in [3.8, 4) is 17.2 Å². The van der Waals surface area contributed by atoms with Crippen molar-refractivity contribution >= 4 is 17.4 Å². The van der Waals surface area contributed by atoms with Crippen LogP contribution < -0.4 is 14.2 Å². The summed E-state index contributed by atoms with van der Waals surface area (Å²) in [5.41, 5.74) is 0.839. The summed E-state index contributed by atoms with van der Waals surface area (Å²) in [6, 6.07) is 4.68. The van der Waals surface area contributed by atoms with Crippen LogP contribution in [0.2, 0.25) is 5.02 Å². The molecule has 1 saturated heterocycles. The number of nitrogens with zero attached hydrogens (tertiary/aromatic N) is 1. The van der Waals surface area contributed by atoms with E-state index in [0.717, 1.165) is 0 Å². The molecule has 1 aromatic carbocycles. The third-order valence-electron chi connectivity index (χ3n) is 4.32. The molecule has 0 bridgehead atoms. The van der Waals surface area contributed by atoms with E-state index >= 15 is 0 Å². The van der Waals surface area contributed by atoms with Gasteiger partial charge in [0.25, 0.3) is 0 Å². The van der Waals surface area contributed by atoms with Gasteiger partial charge in [0.15, 0.2) is 17.3 Å². The van der Waals surface area contributed by atoms with Gasteiger partial charge in [0.1, 0.15) is 5.69 Å². The minimum absolute atomic E-state index is 0.206. The molecule has 0 saturated carbocycles. The van der Waals surface area contributed by atoms with Crippen molar-refractivity contribution in [3.63, 3.8) is 0 Å². The van der Waals surface area contributed by atoms with E-state index in [1.54, 1.807) is 25.1 Å². The second kappa shape index (κ2) is 7.72. The lowest BCUT2D eigenvalue weighted by atomic mass is 9.97. The van der Waals surface area contributed by atoms with Gasteiger partial charge in [-0.05, 0) is 25.1 Å². The molecule has 0 amide bonds. The highest BCUT2D eigenvalue weighted by Crippen LogP contribution is 2.40. The molecule has 3 rings (SSSR count). The molecular formula is C19H20ClNO6. The fourth-order valence-corrected chi connectivity index (χ4v) is 3.24. The molecule has 7 nitrogen and oxygen atoms in total. The summed E-state index contributed by atoms with van der Waals surface area (Å²) in [6.07, 6.45) is 1.51. The molecule has 1 aliphatic rings. The summed E-state index contributed by atoms with van der Waals surface area (Å²) in [6.45, 7) is 2.52. The molecule has 27 heavy (non-hydrogen) atoms. The Morgan fingerprint density at radius 1 is 1.11 bits per heavy atom. The van der Waals surface area contributed by atoms with Crippen LogP contribution in [0.25, 0.3) is 0 Å². The zero-order valence-electron chi connectivity index (χ0n) is 15.5. The maximum atomic E-state index is 13.3. The Balaban J connectivity index is 2.15. The summed E-state index contributed by atoms with van der Waals surface area (Å²) < 4.78 is 27.3. The first-order valence-electron chi connectivity index (χ1n) is 8.22. The van der Waals surface area contributed by atoms with Gasteiger partial charge in [0.05, 0.1) is 45.1 Å². The predicted molar refractivity (Wildman–Crippen MR) is 98.0 cm³/mol. The number of rotatable bonds is 6. The molecular weight excluding hydrogens is 374 g/mol. The van der Waals surface area contributed by atoms with Crippen molar-refractivity contribution in [3.05, 3.63) is 46.2 Å². The minimum atomic E-state index is -1.14. The minimum Gasteiger partial charge on any atom is -0.493 e. The molecule has 0 unspecified atom stereocenters. The van der Waals surface area contributed by atoms with Gasteiger partial charge in [-0.2, -0.15) is 0 Å². The SMILES string of the molecule is COc1cc(C(=O)c2c(Cl)ccnc2C2(C)OCCO2)cc(OC)c1OC. The second-order valence-electron chi connectivity index (χ2n) is 5.90. The lowest BCUT2D eigenvalue weighted by Gasteiger charge is -2.24. The van der Waals surface area contributed by atoms with E-state index in [-0.39, 0.29) is 16.4 Å². The molecule has 1 aliphatic heterocycles. The molecule has 0 radical (unpaired) electrons. The number of benzene rings is 1. The van der Waals surface area contributed by atoms with Gasteiger partial charge in [-0.1, -0.05) is 11.6 Å². The standard InChI is InChI=1S/C19H20ClNO6/c1-19(26-7-8-27-19)18-15(12(20)5-6-21-18)16(22)11-9-13(23-2)17(25-4)14(10-11)24-3/h5-6,9-10H,7-8H2,1-4H3. The molecule has 1 fully saturated rings. The van der Waals surface area contributed by atoms with E-state index in [1.807, 2.05) is 0 Å². The normalized spacial score (nSPS) is 15.4. The molecule has 1 aromatic heterocycles. The number of ketones is 1. The van der Waals surface area contributed by atoms with Crippen molar-refractivity contribution in [1.29, 1.82) is 0 Å². The number of hydrogen-bond acceptors (Lipinski definition) is 7. The van der Waals surface area contributed by atoms with Gasteiger partial charge in [-0.25, -0.2) is 0 Å². The van der Waals surface area contributed by atoms with Crippen LogP contribution in [0.15, 0.2) is 24.4 Å². The van der Waals surface area contributed by atoms with Crippen molar-refractivity contribution in [1.82, 2.24) is 4.98 Å². The molecule has 2 aromatic rings. The van der Waals surface area contributed by atoms with E-state index in [9.17, 15) is 4.79 Å². The number of pyridine rings is 1. The van der Waals surface area contributed by atoms with E-state index in [1.165, 1.54) is 27.5 Å². The van der Waals surface area contributed by atoms with Crippen LogP contribution in [0.5, 0.6) is 17.2 Å². The number of carbonyl (C=O) groups is 1. The smallest absolute Gasteiger partial charge is 0.210 e. The third kappa shape index (κ3) is 3.45. The first kappa shape index (κ1) is 19.4. The van der Waals surface area contributed by atoms with E-state index in [2.05, 4.69) is 4.98 Å². The summed E-state index contributed by atoms with van der Waals surface area (Å²) in [5.74, 6) is -0.384. The molecule has 0 N–H and O–H groups in total. The summed E-state index contributed by atoms with van der Waals surface area (Å²) in [4.78, 5) is 17.7. The number of aromatic nitrogens is 1. The van der Waals surface area contributed by atoms with Crippen molar-refractivity contribution in [2.24, 2.45) is 0 Å². The number of halogens is 1. The Morgan fingerprint density at radius 2 is 1.70 bits per heavy atom. The van der Waals surface area contributed by atoms with Gasteiger partial charge < -0.3 is 23.7 Å². The molecule has 0 spiro atoms. The maximum Gasteiger partial charge on any atom is 0.210 e. The van der Waals surface area contributed by atoms with Crippen molar-refractivity contribution in [2.45, 2.75) is 12.7 Å². The van der Waals surface area contributed by atoms with Crippen LogP contribution >= 0.6 is 11.6 Å². The van der Waals surface area contributed by atoms with Gasteiger partial charge in [0, 0.05) is 11.8 Å². The fourth-order valence-electron chi connectivity index (χ4n) is 3.01. The van der Waals surface area contributed by atoms with Gasteiger partial charge in [-0.3, -0.25) is 9.78 Å². The fraction of sp³-hybridized carbons (Fsp3) is 0.368. The Hall–Kier alpha value is -2.35. The average molecular weight is 394 g/mol. The summed E-state index contributed by atoms with van der Waals surface area (Å²) in [5, 5.41) is 0.249. The number of carbonyl (C=O) groups excluding carboxylic acids is 1. The van der Waals surface area contributed by atoms with Crippen LogP contribution in [-0.4, -0.2) is 45.3 Å². The number of ether oxygens (including phenoxy) is 5. The molecule has 0 atom stereocenters. The predicted octanol–water partition coefficient (Wildman–Crippen LogP) is 3.21. The van der Waals surface area contributed by atoms with E-state index in [4.69, 9.17) is 35.3 Å². The molecule has 144 valence electrons. The highest BCUT2D eigenvalue weighted by molar-refractivity contribution is 6.35. The molecule has 8 heteroatoms. The average Bonchev–Trinajstić information content (AvgIpc) is 3.13. The zero-order chi connectivity index (χ0) is 19.6. The first-order valence-corrected chi connectivity index (χ1v) is 8.60. The third-order valence-corrected chi connectivity index (χ3v) is 4.64. The van der Waals surface area contributed by atoms with Gasteiger partial charge >= 0.3 is 0 Å². The first-order chi connectivity index (χ1) is 12.9. The van der Waals surface area contributed by atoms with Crippen LogP contribution in [0.4, 0.5) is 0 Å². The molecule has 2 heterocycles. The van der Waals surface area contributed by atoms with Crippen molar-refractivity contribution < 1.29 is 28.5 Å². The van der Waals surface area contributed by atoms with Crippen LogP contribution in [0, 0.1) is 0 Å². The van der Waals surface area contributed by atoms with Gasteiger partial charge in [0.2, 0.25) is 11.5 Å². The van der Waals surface area contributed by atoms with Crippen LogP contribution in [0.1, 0.15) is 28.5 Å². The number of hydrogen-bond donors (Lipinski definition) is 0. The topological polar surface area (TPSA) is 76.1 Å². The Morgan fingerprint density at radius 3 is 2.22 bits per heavy atom. The maximum absolute atomic E-state index is 13.3. The van der Waals surface area contributed by atoms with Crippen LogP contribution in [-0.2, 0) is 15.3 Å². The highest BCUT2D eigenvalue weighted by atomic mass is 35.5. The largest absolute Gasteiger partial charge is 0.493 e. The van der Waals surface area contributed by atoms with E-state index < -0.39 is 5.79 Å². The van der Waals surface area contributed by atoms with Crippen LogP contribution in [0.3, 0.4) is 0 Å². The quantitative estimate of drug-likeness (QED) is 0.697. The Labute approximate surface area is 162 Å².